The zero-order chi connectivity index (χ0) is 11.4. The van der Waals surface area contributed by atoms with Crippen LogP contribution in [0, 0.1) is 11.7 Å². The minimum Gasteiger partial charge on any atom is -0.493 e. The molecule has 2 nitrogen and oxygen atoms in total. The van der Waals surface area contributed by atoms with Crippen molar-refractivity contribution < 1.29 is 14.2 Å². The lowest BCUT2D eigenvalue weighted by atomic mass is 10.1. The van der Waals surface area contributed by atoms with Crippen molar-refractivity contribution in [3.63, 3.8) is 0 Å². The van der Waals surface area contributed by atoms with E-state index in [2.05, 4.69) is 0 Å². The Balaban J connectivity index is 2.00. The molecule has 3 heteroatoms. The number of aliphatic hydroxyl groups is 1. The summed E-state index contributed by atoms with van der Waals surface area (Å²) in [5.41, 5.74) is 0.856. The van der Waals surface area contributed by atoms with Crippen molar-refractivity contribution in [2.45, 2.75) is 25.7 Å². The molecular weight excluding hydrogens is 207 g/mol. The van der Waals surface area contributed by atoms with Crippen molar-refractivity contribution in [1.29, 1.82) is 0 Å². The predicted octanol–water partition coefficient (Wildman–Crippen LogP) is 2.54. The first-order chi connectivity index (χ1) is 7.79. The predicted molar refractivity (Wildman–Crippen MR) is 60.0 cm³/mol. The van der Waals surface area contributed by atoms with E-state index in [1.165, 1.54) is 25.0 Å². The topological polar surface area (TPSA) is 29.5 Å². The van der Waals surface area contributed by atoms with E-state index >= 15 is 0 Å². The molecule has 1 saturated carbocycles. The van der Waals surface area contributed by atoms with Crippen molar-refractivity contribution in [1.82, 2.24) is 0 Å². The molecule has 1 aliphatic rings. The van der Waals surface area contributed by atoms with Gasteiger partial charge in [0.2, 0.25) is 0 Å². The van der Waals surface area contributed by atoms with Crippen LogP contribution in [0.15, 0.2) is 18.2 Å². The maximum Gasteiger partial charge on any atom is 0.123 e. The van der Waals surface area contributed by atoms with Gasteiger partial charge in [0.25, 0.3) is 0 Å². The molecule has 0 atom stereocenters. The van der Waals surface area contributed by atoms with Crippen molar-refractivity contribution in [2.24, 2.45) is 5.92 Å². The Morgan fingerprint density at radius 3 is 2.88 bits per heavy atom. The molecule has 0 bridgehead atoms. The van der Waals surface area contributed by atoms with Crippen LogP contribution in [0.4, 0.5) is 4.39 Å². The summed E-state index contributed by atoms with van der Waals surface area (Å²) in [5.74, 6) is 1.21. The van der Waals surface area contributed by atoms with Crippen molar-refractivity contribution >= 4 is 0 Å². The summed E-state index contributed by atoms with van der Waals surface area (Å²) in [6.07, 6.45) is 3.79. The molecule has 0 aliphatic heterocycles. The maximum atomic E-state index is 13.1. The summed E-state index contributed by atoms with van der Waals surface area (Å²) in [6, 6.07) is 4.60. The van der Waals surface area contributed by atoms with Crippen LogP contribution < -0.4 is 4.74 Å². The van der Waals surface area contributed by atoms with Gasteiger partial charge in [-0.15, -0.1) is 0 Å². The van der Waals surface area contributed by atoms with Crippen LogP contribution in [0.25, 0.3) is 0 Å². The summed E-state index contributed by atoms with van der Waals surface area (Å²) >= 11 is 0. The summed E-state index contributed by atoms with van der Waals surface area (Å²) in [4.78, 5) is 0. The van der Waals surface area contributed by atoms with E-state index < -0.39 is 0 Å². The third kappa shape index (κ3) is 3.20. The van der Waals surface area contributed by atoms with Crippen LogP contribution in [-0.2, 0) is 6.42 Å². The molecule has 0 heterocycles. The monoisotopic (exact) mass is 224 g/mol. The molecule has 1 aromatic rings. The standard InChI is InChI=1S/C13H17FO2/c14-12-5-6-13(16-9-10-3-4-10)11(8-12)2-1-7-15/h5-6,8,10,15H,1-4,7,9H2. The van der Waals surface area contributed by atoms with E-state index in [9.17, 15) is 4.39 Å². The van der Waals surface area contributed by atoms with E-state index in [4.69, 9.17) is 9.84 Å². The lowest BCUT2D eigenvalue weighted by Crippen LogP contribution is -2.02. The zero-order valence-corrected chi connectivity index (χ0v) is 9.29. The van der Waals surface area contributed by atoms with Gasteiger partial charge >= 0.3 is 0 Å². The molecule has 2 rings (SSSR count). The van der Waals surface area contributed by atoms with Gasteiger partial charge in [0, 0.05) is 6.61 Å². The molecular formula is C13H17FO2. The Morgan fingerprint density at radius 2 is 2.19 bits per heavy atom. The summed E-state index contributed by atoms with van der Waals surface area (Å²) in [6.45, 7) is 0.857. The number of aliphatic hydroxyl groups excluding tert-OH is 1. The lowest BCUT2D eigenvalue weighted by molar-refractivity contribution is 0.282. The Hall–Kier alpha value is -1.09. The minimum atomic E-state index is -0.244. The highest BCUT2D eigenvalue weighted by Gasteiger charge is 2.22. The zero-order valence-electron chi connectivity index (χ0n) is 9.29. The van der Waals surface area contributed by atoms with Gasteiger partial charge in [-0.2, -0.15) is 0 Å². The molecule has 1 fully saturated rings. The van der Waals surface area contributed by atoms with Gasteiger partial charge in [0.1, 0.15) is 11.6 Å². The second-order valence-electron chi connectivity index (χ2n) is 4.33. The van der Waals surface area contributed by atoms with E-state index in [-0.39, 0.29) is 12.4 Å². The smallest absolute Gasteiger partial charge is 0.123 e. The first-order valence-corrected chi connectivity index (χ1v) is 5.81. The van der Waals surface area contributed by atoms with Crippen molar-refractivity contribution in [3.05, 3.63) is 29.6 Å². The molecule has 1 aromatic carbocycles. The molecule has 0 radical (unpaired) electrons. The van der Waals surface area contributed by atoms with Crippen LogP contribution in [-0.4, -0.2) is 18.3 Å². The first-order valence-electron chi connectivity index (χ1n) is 5.81. The van der Waals surface area contributed by atoms with Gasteiger partial charge in [-0.1, -0.05) is 0 Å². The fraction of sp³-hybridized carbons (Fsp3) is 0.538. The third-order valence-electron chi connectivity index (χ3n) is 2.80. The molecule has 0 spiro atoms. The van der Waals surface area contributed by atoms with Crippen molar-refractivity contribution in [3.8, 4) is 5.75 Å². The lowest BCUT2D eigenvalue weighted by Gasteiger charge is -2.10. The number of rotatable bonds is 6. The van der Waals surface area contributed by atoms with Crippen LogP contribution in [0.5, 0.6) is 5.75 Å². The maximum absolute atomic E-state index is 13.1. The highest BCUT2D eigenvalue weighted by atomic mass is 19.1. The van der Waals surface area contributed by atoms with Gasteiger partial charge < -0.3 is 9.84 Å². The van der Waals surface area contributed by atoms with Gasteiger partial charge in [0.15, 0.2) is 0 Å². The summed E-state index contributed by atoms with van der Waals surface area (Å²) in [7, 11) is 0. The highest BCUT2D eigenvalue weighted by Crippen LogP contribution is 2.30. The Bertz CT molecular complexity index is 348. The Labute approximate surface area is 95.1 Å². The number of hydrogen-bond acceptors (Lipinski definition) is 2. The first kappa shape index (κ1) is 11.4. The Morgan fingerprint density at radius 1 is 1.38 bits per heavy atom. The quantitative estimate of drug-likeness (QED) is 0.804. The average molecular weight is 224 g/mol. The number of halogens is 1. The number of ether oxygens (including phenoxy) is 1. The minimum absolute atomic E-state index is 0.124. The molecule has 0 unspecified atom stereocenters. The largest absolute Gasteiger partial charge is 0.493 e. The van der Waals surface area contributed by atoms with E-state index in [1.807, 2.05) is 0 Å². The van der Waals surface area contributed by atoms with Gasteiger partial charge in [0.05, 0.1) is 6.61 Å². The molecule has 1 N–H and O–H groups in total. The molecule has 0 amide bonds. The fourth-order valence-electron chi connectivity index (χ4n) is 1.65. The van der Waals surface area contributed by atoms with Gasteiger partial charge in [-0.05, 0) is 55.4 Å². The van der Waals surface area contributed by atoms with Crippen molar-refractivity contribution in [2.75, 3.05) is 13.2 Å². The van der Waals surface area contributed by atoms with E-state index in [0.29, 0.717) is 18.8 Å². The average Bonchev–Trinajstić information content (AvgIpc) is 3.09. The third-order valence-corrected chi connectivity index (χ3v) is 2.80. The summed E-state index contributed by atoms with van der Waals surface area (Å²) < 4.78 is 18.7. The molecule has 0 aromatic heterocycles. The fourth-order valence-corrected chi connectivity index (χ4v) is 1.65. The molecule has 1 aliphatic carbocycles. The van der Waals surface area contributed by atoms with Crippen LogP contribution >= 0.6 is 0 Å². The Kier molecular flexibility index (Phi) is 3.78. The summed E-state index contributed by atoms with van der Waals surface area (Å²) in [5, 5.41) is 8.78. The second kappa shape index (κ2) is 5.30. The van der Waals surface area contributed by atoms with Crippen LogP contribution in [0.3, 0.4) is 0 Å². The number of hydrogen-bond donors (Lipinski definition) is 1. The molecule has 16 heavy (non-hydrogen) atoms. The van der Waals surface area contributed by atoms with Crippen LogP contribution in [0.2, 0.25) is 0 Å². The highest BCUT2D eigenvalue weighted by molar-refractivity contribution is 5.34. The molecule has 88 valence electrons. The number of benzene rings is 1. The van der Waals surface area contributed by atoms with E-state index in [0.717, 1.165) is 17.9 Å². The van der Waals surface area contributed by atoms with Gasteiger partial charge in [-0.3, -0.25) is 0 Å². The van der Waals surface area contributed by atoms with Gasteiger partial charge in [-0.25, -0.2) is 4.39 Å². The number of aryl methyl sites for hydroxylation is 1. The molecule has 0 saturated heterocycles. The normalized spacial score (nSPS) is 15.1. The van der Waals surface area contributed by atoms with Crippen LogP contribution in [0.1, 0.15) is 24.8 Å². The second-order valence-corrected chi connectivity index (χ2v) is 4.33. The SMILES string of the molecule is OCCCc1cc(F)ccc1OCC1CC1. The van der Waals surface area contributed by atoms with E-state index in [1.54, 1.807) is 6.07 Å².